The van der Waals surface area contributed by atoms with Crippen molar-refractivity contribution in [2.24, 2.45) is 0 Å². The summed E-state index contributed by atoms with van der Waals surface area (Å²) in [5.74, 6) is -3.24. The first kappa shape index (κ1) is 29.0. The van der Waals surface area contributed by atoms with Crippen molar-refractivity contribution in [2.75, 3.05) is 33.0 Å². The average molecular weight is 549 g/mol. The molecule has 0 aromatic heterocycles. The van der Waals surface area contributed by atoms with E-state index in [4.69, 9.17) is 9.84 Å². The second-order valence-corrected chi connectivity index (χ2v) is 10.3. The van der Waals surface area contributed by atoms with Crippen molar-refractivity contribution in [2.45, 2.75) is 49.6 Å². The minimum atomic E-state index is -1.32. The van der Waals surface area contributed by atoms with E-state index in [1.165, 1.54) is 21.6 Å². The number of carbonyl (C=O) groups excluding carboxylic acids is 5. The number of aliphatic carboxylic acids is 1. The third-order valence-electron chi connectivity index (χ3n) is 6.28. The van der Waals surface area contributed by atoms with Gasteiger partial charge in [-0.2, -0.15) is 11.8 Å². The highest BCUT2D eigenvalue weighted by Gasteiger charge is 2.37. The monoisotopic (exact) mass is 548 g/mol. The van der Waals surface area contributed by atoms with Gasteiger partial charge in [0.1, 0.15) is 24.7 Å². The number of likely N-dealkylation sites (N-methyl/N-ethyl adjacent to an activating group) is 1. The van der Waals surface area contributed by atoms with Gasteiger partial charge in [-0.15, -0.1) is 0 Å². The van der Waals surface area contributed by atoms with Crippen LogP contribution in [0.3, 0.4) is 0 Å². The van der Waals surface area contributed by atoms with Crippen molar-refractivity contribution >= 4 is 47.3 Å². The Morgan fingerprint density at radius 1 is 1.18 bits per heavy atom. The lowest BCUT2D eigenvalue weighted by Crippen LogP contribution is -2.58. The quantitative estimate of drug-likeness (QED) is 0.416. The Morgan fingerprint density at radius 2 is 1.92 bits per heavy atom. The standard InChI is InChI=1S/C25H32N4O8S/c1-28(2)24(35)18-14-38-13-15-6-3-4-7-16(15)25(36)37-12-17(22(33)27-18)26-23(34)19-8-5-11-29(19)20(30)9-10-21(31)32/h3-4,6-7,17-19H,5,8-14H2,1-2H3,(H,26,34)(H,27,33)(H,31,32)/t17-,18-,19+/m1/s1. The molecule has 206 valence electrons. The molecule has 1 aromatic carbocycles. The summed E-state index contributed by atoms with van der Waals surface area (Å²) in [4.78, 5) is 78.0. The zero-order chi connectivity index (χ0) is 27.8. The summed E-state index contributed by atoms with van der Waals surface area (Å²) in [7, 11) is 3.14. The number of amides is 4. The number of carboxylic acids is 1. The minimum absolute atomic E-state index is 0.237. The number of rotatable bonds is 6. The zero-order valence-electron chi connectivity index (χ0n) is 21.3. The van der Waals surface area contributed by atoms with Gasteiger partial charge in [0.15, 0.2) is 0 Å². The molecule has 0 bridgehead atoms. The second kappa shape index (κ2) is 13.3. The van der Waals surface area contributed by atoms with Crippen molar-refractivity contribution in [1.29, 1.82) is 0 Å². The van der Waals surface area contributed by atoms with Crippen LogP contribution in [0.15, 0.2) is 24.3 Å². The van der Waals surface area contributed by atoms with E-state index >= 15 is 0 Å². The molecule has 38 heavy (non-hydrogen) atoms. The van der Waals surface area contributed by atoms with Crippen LogP contribution in [0.4, 0.5) is 0 Å². The Morgan fingerprint density at radius 3 is 2.63 bits per heavy atom. The number of nitrogens with one attached hydrogen (secondary N) is 2. The molecule has 1 fully saturated rings. The maximum atomic E-state index is 13.2. The van der Waals surface area contributed by atoms with Gasteiger partial charge in [-0.05, 0) is 24.5 Å². The van der Waals surface area contributed by atoms with E-state index in [2.05, 4.69) is 10.6 Å². The van der Waals surface area contributed by atoms with E-state index in [9.17, 15) is 28.8 Å². The lowest BCUT2D eigenvalue weighted by molar-refractivity contribution is -0.143. The van der Waals surface area contributed by atoms with Crippen LogP contribution in [0.25, 0.3) is 0 Å². The number of fused-ring (bicyclic) bond motifs is 1. The maximum absolute atomic E-state index is 13.2. The summed E-state index contributed by atoms with van der Waals surface area (Å²) in [6, 6.07) is 3.78. The molecule has 0 unspecified atom stereocenters. The number of cyclic esters (lactones) is 1. The molecule has 13 heteroatoms. The molecule has 4 amide bonds. The highest BCUT2D eigenvalue weighted by Crippen LogP contribution is 2.21. The van der Waals surface area contributed by atoms with Gasteiger partial charge >= 0.3 is 11.9 Å². The van der Waals surface area contributed by atoms with Crippen LogP contribution in [0.5, 0.6) is 0 Å². The normalized spacial score (nSPS) is 22.2. The number of benzene rings is 1. The molecule has 2 heterocycles. The van der Waals surface area contributed by atoms with Crippen molar-refractivity contribution in [1.82, 2.24) is 20.4 Å². The van der Waals surface area contributed by atoms with E-state index in [0.717, 1.165) is 0 Å². The van der Waals surface area contributed by atoms with E-state index in [0.29, 0.717) is 29.7 Å². The Hall–Kier alpha value is -3.61. The first-order valence-electron chi connectivity index (χ1n) is 12.2. The fourth-order valence-electron chi connectivity index (χ4n) is 4.27. The van der Waals surface area contributed by atoms with E-state index in [1.807, 2.05) is 0 Å². The molecule has 0 aliphatic carbocycles. The van der Waals surface area contributed by atoms with Crippen LogP contribution in [-0.4, -0.2) is 102 Å². The molecule has 0 saturated carbocycles. The summed E-state index contributed by atoms with van der Waals surface area (Å²) < 4.78 is 5.41. The number of ether oxygens (including phenoxy) is 1. The summed E-state index contributed by atoms with van der Waals surface area (Å²) in [5.41, 5.74) is 1.04. The number of hydrogen-bond acceptors (Lipinski definition) is 8. The second-order valence-electron chi connectivity index (χ2n) is 9.26. The molecule has 12 nitrogen and oxygen atoms in total. The summed E-state index contributed by atoms with van der Waals surface area (Å²) >= 11 is 1.37. The molecule has 1 saturated heterocycles. The SMILES string of the molecule is CN(C)C(=O)[C@H]1CSCc2ccccc2C(=O)OC[C@@H](NC(=O)[C@@H]2CCCN2C(=O)CCC(=O)O)C(=O)N1. The van der Waals surface area contributed by atoms with Crippen molar-refractivity contribution in [3.05, 3.63) is 35.4 Å². The van der Waals surface area contributed by atoms with Crippen LogP contribution in [-0.2, 0) is 34.5 Å². The van der Waals surface area contributed by atoms with Crippen LogP contribution >= 0.6 is 11.8 Å². The topological polar surface area (TPSA) is 162 Å². The fourth-order valence-corrected chi connectivity index (χ4v) is 5.32. The number of carboxylic acid groups (broad SMARTS) is 1. The summed E-state index contributed by atoms with van der Waals surface area (Å²) in [6.45, 7) is -0.198. The Kier molecular flexibility index (Phi) is 10.1. The Bertz CT molecular complexity index is 1090. The van der Waals surface area contributed by atoms with E-state index in [-0.39, 0.29) is 31.0 Å². The molecule has 2 aliphatic heterocycles. The van der Waals surface area contributed by atoms with Gasteiger partial charge < -0.3 is 30.3 Å². The number of carbonyl (C=O) groups is 6. The Balaban J connectivity index is 1.81. The van der Waals surface area contributed by atoms with Crippen LogP contribution in [0, 0.1) is 0 Å². The summed E-state index contributed by atoms with van der Waals surface area (Å²) in [5, 5.41) is 14.1. The van der Waals surface area contributed by atoms with Gasteiger partial charge in [-0.1, -0.05) is 18.2 Å². The van der Waals surface area contributed by atoms with Gasteiger partial charge in [0.05, 0.1) is 12.0 Å². The number of likely N-dealkylation sites (tertiary alicyclic amines) is 1. The van der Waals surface area contributed by atoms with E-state index < -0.39 is 54.4 Å². The number of thioether (sulfide) groups is 1. The predicted molar refractivity (Wildman–Crippen MR) is 137 cm³/mol. The molecule has 2 aliphatic rings. The van der Waals surface area contributed by atoms with Crippen molar-refractivity contribution < 1.29 is 38.6 Å². The van der Waals surface area contributed by atoms with Crippen molar-refractivity contribution in [3.8, 4) is 0 Å². The first-order chi connectivity index (χ1) is 18.1. The maximum Gasteiger partial charge on any atom is 0.338 e. The molecule has 3 atom stereocenters. The smallest absolute Gasteiger partial charge is 0.338 e. The van der Waals surface area contributed by atoms with Crippen LogP contribution in [0.1, 0.15) is 41.6 Å². The molecular formula is C25H32N4O8S. The molecule has 1 aromatic rings. The fraction of sp³-hybridized carbons (Fsp3) is 0.520. The third-order valence-corrected chi connectivity index (χ3v) is 7.36. The molecule has 0 radical (unpaired) electrons. The lowest BCUT2D eigenvalue weighted by atomic mass is 10.1. The van der Waals surface area contributed by atoms with Crippen LogP contribution in [0.2, 0.25) is 0 Å². The van der Waals surface area contributed by atoms with E-state index in [1.54, 1.807) is 38.4 Å². The molecule has 3 rings (SSSR count). The van der Waals surface area contributed by atoms with Gasteiger partial charge in [0.2, 0.25) is 23.6 Å². The van der Waals surface area contributed by atoms with Crippen molar-refractivity contribution in [3.63, 3.8) is 0 Å². The van der Waals surface area contributed by atoms with Gasteiger partial charge in [0.25, 0.3) is 0 Å². The highest BCUT2D eigenvalue weighted by molar-refractivity contribution is 7.98. The average Bonchev–Trinajstić information content (AvgIpc) is 3.38. The van der Waals surface area contributed by atoms with Crippen LogP contribution < -0.4 is 10.6 Å². The predicted octanol–water partition coefficient (Wildman–Crippen LogP) is 0.00380. The highest BCUT2D eigenvalue weighted by atomic mass is 32.2. The number of esters is 1. The minimum Gasteiger partial charge on any atom is -0.481 e. The lowest BCUT2D eigenvalue weighted by Gasteiger charge is -2.28. The number of hydrogen-bond donors (Lipinski definition) is 3. The van der Waals surface area contributed by atoms with Gasteiger partial charge in [-0.25, -0.2) is 4.79 Å². The van der Waals surface area contributed by atoms with Gasteiger partial charge in [0, 0.05) is 38.6 Å². The van der Waals surface area contributed by atoms with Gasteiger partial charge in [-0.3, -0.25) is 24.0 Å². The molecule has 0 spiro atoms. The third kappa shape index (κ3) is 7.46. The number of nitrogens with zero attached hydrogens (tertiary/aromatic N) is 2. The largest absolute Gasteiger partial charge is 0.481 e. The zero-order valence-corrected chi connectivity index (χ0v) is 22.1. The Labute approximate surface area is 224 Å². The molecule has 3 N–H and O–H groups in total. The molecular weight excluding hydrogens is 516 g/mol. The summed E-state index contributed by atoms with van der Waals surface area (Å²) in [6.07, 6.45) is 0.276. The first-order valence-corrected chi connectivity index (χ1v) is 13.4.